The van der Waals surface area contributed by atoms with Crippen LogP contribution in [0.2, 0.25) is 0 Å². The Balaban J connectivity index is 1.93. The molecule has 1 aliphatic heterocycles. The third-order valence-corrected chi connectivity index (χ3v) is 3.89. The average molecular weight is 266 g/mol. The minimum atomic E-state index is -0.915. The maximum Gasteiger partial charge on any atom is 0.309 e. The van der Waals surface area contributed by atoms with Gasteiger partial charge in [0.25, 0.3) is 0 Å². The van der Waals surface area contributed by atoms with Crippen molar-refractivity contribution in [3.8, 4) is 0 Å². The Morgan fingerprint density at radius 3 is 2.89 bits per heavy atom. The predicted molar refractivity (Wildman–Crippen MR) is 69.6 cm³/mol. The number of hydrogen-bond acceptors (Lipinski definition) is 4. The van der Waals surface area contributed by atoms with Crippen LogP contribution in [0.15, 0.2) is 18.3 Å². The highest BCUT2D eigenvalue weighted by Gasteiger charge is 2.23. The Morgan fingerprint density at radius 1 is 1.50 bits per heavy atom. The van der Waals surface area contributed by atoms with Crippen LogP contribution in [0, 0.1) is 5.92 Å². The summed E-state index contributed by atoms with van der Waals surface area (Å²) < 4.78 is 0. The summed E-state index contributed by atoms with van der Waals surface area (Å²) in [5.41, 5.74) is 1.10. The van der Waals surface area contributed by atoms with Crippen molar-refractivity contribution >= 4 is 29.3 Å². The largest absolute Gasteiger partial charge is 0.481 e. The van der Waals surface area contributed by atoms with Crippen LogP contribution < -0.4 is 5.32 Å². The van der Waals surface area contributed by atoms with Gasteiger partial charge in [-0.2, -0.15) is 11.8 Å². The van der Waals surface area contributed by atoms with E-state index in [-0.39, 0.29) is 18.2 Å². The number of aliphatic carboxylic acids is 1. The lowest BCUT2D eigenvalue weighted by Gasteiger charge is -2.09. The van der Waals surface area contributed by atoms with Gasteiger partial charge < -0.3 is 10.4 Å². The average Bonchev–Trinajstić information content (AvgIpc) is 2.84. The molecule has 1 aliphatic rings. The van der Waals surface area contributed by atoms with E-state index in [0.717, 1.165) is 17.9 Å². The zero-order chi connectivity index (χ0) is 13.0. The van der Waals surface area contributed by atoms with Crippen molar-refractivity contribution in [3.63, 3.8) is 0 Å². The van der Waals surface area contributed by atoms with Gasteiger partial charge in [0.2, 0.25) is 5.91 Å². The van der Waals surface area contributed by atoms with Gasteiger partial charge in [0.15, 0.2) is 0 Å². The van der Waals surface area contributed by atoms with E-state index in [9.17, 15) is 9.59 Å². The number of pyridine rings is 1. The number of carboxylic acids is 1. The zero-order valence-corrected chi connectivity index (χ0v) is 10.6. The molecule has 0 aromatic carbocycles. The molecule has 2 heterocycles. The molecule has 96 valence electrons. The second-order valence-corrected chi connectivity index (χ2v) is 5.31. The molecule has 2 rings (SSSR count). The number of carboxylic acid groups (broad SMARTS) is 1. The third-order valence-electron chi connectivity index (χ3n) is 2.73. The number of thioether (sulfide) groups is 1. The molecule has 1 saturated heterocycles. The number of anilines is 1. The van der Waals surface area contributed by atoms with Crippen LogP contribution >= 0.6 is 11.8 Å². The summed E-state index contributed by atoms with van der Waals surface area (Å²) in [7, 11) is 0. The van der Waals surface area contributed by atoms with Crippen molar-refractivity contribution in [1.82, 2.24) is 4.98 Å². The Labute approximate surface area is 109 Å². The lowest BCUT2D eigenvalue weighted by atomic mass is 10.1. The standard InChI is InChI=1S/C12H14N2O3S/c15-11(16)5-9-1-2-10(6-13-9)14-12(17)8-3-4-18-7-8/h1-2,6,8H,3-5,7H2,(H,14,17)(H,15,16). The lowest BCUT2D eigenvalue weighted by molar-refractivity contribution is -0.136. The summed E-state index contributed by atoms with van der Waals surface area (Å²) in [5, 5.41) is 11.4. The second-order valence-electron chi connectivity index (χ2n) is 4.16. The SMILES string of the molecule is O=C(O)Cc1ccc(NC(=O)C2CCSC2)cn1. The summed E-state index contributed by atoms with van der Waals surface area (Å²) in [5.74, 6) is 1.09. The van der Waals surface area contributed by atoms with Crippen LogP contribution in [0.1, 0.15) is 12.1 Å². The van der Waals surface area contributed by atoms with E-state index in [1.165, 1.54) is 6.20 Å². The van der Waals surface area contributed by atoms with Crippen LogP contribution in [0.5, 0.6) is 0 Å². The van der Waals surface area contributed by atoms with Crippen molar-refractivity contribution in [1.29, 1.82) is 0 Å². The highest BCUT2D eigenvalue weighted by molar-refractivity contribution is 7.99. The quantitative estimate of drug-likeness (QED) is 0.861. The van der Waals surface area contributed by atoms with E-state index in [1.807, 2.05) is 0 Å². The van der Waals surface area contributed by atoms with Gasteiger partial charge in [-0.3, -0.25) is 14.6 Å². The number of nitrogens with zero attached hydrogens (tertiary/aromatic N) is 1. The maximum absolute atomic E-state index is 11.8. The Bertz CT molecular complexity index is 441. The fraction of sp³-hybridized carbons (Fsp3) is 0.417. The van der Waals surface area contributed by atoms with Gasteiger partial charge in [-0.15, -0.1) is 0 Å². The van der Waals surface area contributed by atoms with Gasteiger partial charge in [-0.1, -0.05) is 0 Å². The van der Waals surface area contributed by atoms with Crippen molar-refractivity contribution in [2.45, 2.75) is 12.8 Å². The van der Waals surface area contributed by atoms with Crippen molar-refractivity contribution in [2.24, 2.45) is 5.92 Å². The van der Waals surface area contributed by atoms with Gasteiger partial charge in [0.05, 0.1) is 24.0 Å². The third kappa shape index (κ3) is 3.46. The van der Waals surface area contributed by atoms with Crippen molar-refractivity contribution < 1.29 is 14.7 Å². The normalized spacial score (nSPS) is 18.6. The summed E-state index contributed by atoms with van der Waals surface area (Å²) in [6, 6.07) is 3.30. The van der Waals surface area contributed by atoms with E-state index in [0.29, 0.717) is 11.4 Å². The van der Waals surface area contributed by atoms with E-state index < -0.39 is 5.97 Å². The minimum absolute atomic E-state index is 0.0211. The van der Waals surface area contributed by atoms with Gasteiger partial charge in [0, 0.05) is 11.7 Å². The number of rotatable bonds is 4. The number of aromatic nitrogens is 1. The molecule has 0 spiro atoms. The molecular weight excluding hydrogens is 252 g/mol. The molecule has 1 unspecified atom stereocenters. The topological polar surface area (TPSA) is 79.3 Å². The Morgan fingerprint density at radius 2 is 2.33 bits per heavy atom. The van der Waals surface area contributed by atoms with Crippen LogP contribution in [0.25, 0.3) is 0 Å². The summed E-state index contributed by atoms with van der Waals surface area (Å²) in [6.07, 6.45) is 2.31. The van der Waals surface area contributed by atoms with Crippen LogP contribution in [0.3, 0.4) is 0 Å². The van der Waals surface area contributed by atoms with Crippen LogP contribution in [-0.2, 0) is 16.0 Å². The molecule has 6 heteroatoms. The Hall–Kier alpha value is -1.56. The van der Waals surface area contributed by atoms with Crippen LogP contribution in [0.4, 0.5) is 5.69 Å². The van der Waals surface area contributed by atoms with Gasteiger partial charge in [0.1, 0.15) is 0 Å². The molecule has 1 aromatic heterocycles. The van der Waals surface area contributed by atoms with Crippen molar-refractivity contribution in [2.75, 3.05) is 16.8 Å². The van der Waals surface area contributed by atoms with Crippen molar-refractivity contribution in [3.05, 3.63) is 24.0 Å². The smallest absolute Gasteiger partial charge is 0.309 e. The molecule has 18 heavy (non-hydrogen) atoms. The molecule has 5 nitrogen and oxygen atoms in total. The lowest BCUT2D eigenvalue weighted by Crippen LogP contribution is -2.22. The monoisotopic (exact) mass is 266 g/mol. The zero-order valence-electron chi connectivity index (χ0n) is 9.76. The highest BCUT2D eigenvalue weighted by Crippen LogP contribution is 2.24. The summed E-state index contributed by atoms with van der Waals surface area (Å²) in [6.45, 7) is 0. The fourth-order valence-corrected chi connectivity index (χ4v) is 2.96. The fourth-order valence-electron chi connectivity index (χ4n) is 1.74. The molecule has 1 amide bonds. The number of carbonyl (C=O) groups is 2. The van der Waals surface area contributed by atoms with E-state index in [2.05, 4.69) is 10.3 Å². The first-order valence-electron chi connectivity index (χ1n) is 5.70. The number of nitrogens with one attached hydrogen (secondary N) is 1. The molecule has 1 atom stereocenters. The minimum Gasteiger partial charge on any atom is -0.481 e. The molecule has 2 N–H and O–H groups in total. The molecule has 0 bridgehead atoms. The van der Waals surface area contributed by atoms with Crippen LogP contribution in [-0.4, -0.2) is 33.5 Å². The predicted octanol–water partition coefficient (Wildman–Crippen LogP) is 1.40. The van der Waals surface area contributed by atoms with Gasteiger partial charge >= 0.3 is 5.97 Å². The second kappa shape index (κ2) is 5.86. The molecule has 1 fully saturated rings. The molecule has 1 aromatic rings. The molecule has 0 radical (unpaired) electrons. The number of carbonyl (C=O) groups excluding carboxylic acids is 1. The summed E-state index contributed by atoms with van der Waals surface area (Å²) >= 11 is 1.79. The summed E-state index contributed by atoms with van der Waals surface area (Å²) in [4.78, 5) is 26.3. The Kier molecular flexibility index (Phi) is 4.19. The van der Waals surface area contributed by atoms with Gasteiger partial charge in [-0.05, 0) is 24.3 Å². The molecular formula is C12H14N2O3S. The van der Waals surface area contributed by atoms with E-state index in [1.54, 1.807) is 23.9 Å². The maximum atomic E-state index is 11.8. The first-order valence-corrected chi connectivity index (χ1v) is 6.86. The molecule has 0 saturated carbocycles. The molecule has 0 aliphatic carbocycles. The first kappa shape index (κ1) is 12.9. The van der Waals surface area contributed by atoms with E-state index >= 15 is 0 Å². The van der Waals surface area contributed by atoms with E-state index in [4.69, 9.17) is 5.11 Å². The number of hydrogen-bond donors (Lipinski definition) is 2. The first-order chi connectivity index (χ1) is 8.65. The highest BCUT2D eigenvalue weighted by atomic mass is 32.2. The van der Waals surface area contributed by atoms with Gasteiger partial charge in [-0.25, -0.2) is 0 Å². The number of amides is 1.